The van der Waals surface area contributed by atoms with Gasteiger partial charge in [-0.25, -0.2) is 8.42 Å². The molecule has 2 aromatic rings. The predicted octanol–water partition coefficient (Wildman–Crippen LogP) is 2.88. The quantitative estimate of drug-likeness (QED) is 0.773. The minimum Gasteiger partial charge on any atom is -0.497 e. The highest BCUT2D eigenvalue weighted by Crippen LogP contribution is 2.26. The molecular formula is C21H25N3O3S. The number of sulfonamides is 1. The fourth-order valence-corrected chi connectivity index (χ4v) is 4.89. The molecule has 0 aromatic heterocycles. The molecule has 1 fully saturated rings. The first-order chi connectivity index (χ1) is 13.4. The summed E-state index contributed by atoms with van der Waals surface area (Å²) in [7, 11) is -1.92. The summed E-state index contributed by atoms with van der Waals surface area (Å²) >= 11 is 0. The zero-order valence-electron chi connectivity index (χ0n) is 16.4. The lowest BCUT2D eigenvalue weighted by Crippen LogP contribution is -2.49. The lowest BCUT2D eigenvalue weighted by Gasteiger charge is -2.36. The Hall–Kier alpha value is -2.40. The second-order valence-corrected chi connectivity index (χ2v) is 8.93. The van der Waals surface area contributed by atoms with E-state index < -0.39 is 16.1 Å². The van der Waals surface area contributed by atoms with E-state index in [-0.39, 0.29) is 0 Å². The molecule has 2 aromatic carbocycles. The first kappa shape index (κ1) is 20.3. The van der Waals surface area contributed by atoms with Crippen LogP contribution in [-0.2, 0) is 10.0 Å². The van der Waals surface area contributed by atoms with Crippen molar-refractivity contribution in [3.8, 4) is 11.8 Å². The maximum atomic E-state index is 13.0. The van der Waals surface area contributed by atoms with Gasteiger partial charge in [-0.3, -0.25) is 4.90 Å². The molecule has 0 amide bonds. The van der Waals surface area contributed by atoms with Gasteiger partial charge in [-0.15, -0.1) is 0 Å². The standard InChI is InChI=1S/C21H25N3O3S/c1-16-4-9-20(14-17(16)2)28(25,26)24-12-10-23(11-13-24)21(15-22)18-5-7-19(27-3)8-6-18/h4-9,14,21H,10-13H2,1-3H3. The van der Waals surface area contributed by atoms with E-state index in [0.29, 0.717) is 31.1 Å². The molecule has 3 rings (SSSR count). The van der Waals surface area contributed by atoms with Crippen LogP contribution < -0.4 is 4.74 Å². The minimum absolute atomic E-state index is 0.330. The van der Waals surface area contributed by atoms with Crippen molar-refractivity contribution in [2.24, 2.45) is 0 Å². The summed E-state index contributed by atoms with van der Waals surface area (Å²) < 4.78 is 32.6. The first-order valence-corrected chi connectivity index (χ1v) is 10.7. The maximum absolute atomic E-state index is 13.0. The van der Waals surface area contributed by atoms with Gasteiger partial charge in [0, 0.05) is 26.2 Å². The topological polar surface area (TPSA) is 73.6 Å². The number of rotatable bonds is 5. The molecule has 0 saturated carbocycles. The van der Waals surface area contributed by atoms with Crippen LogP contribution in [0.2, 0.25) is 0 Å². The Kier molecular flexibility index (Phi) is 6.04. The van der Waals surface area contributed by atoms with E-state index in [0.717, 1.165) is 22.4 Å². The van der Waals surface area contributed by atoms with Crippen LogP contribution in [0, 0.1) is 25.2 Å². The monoisotopic (exact) mass is 399 g/mol. The lowest BCUT2D eigenvalue weighted by atomic mass is 10.1. The number of hydrogen-bond donors (Lipinski definition) is 0. The van der Waals surface area contributed by atoms with Crippen LogP contribution in [0.3, 0.4) is 0 Å². The Morgan fingerprint density at radius 1 is 1.00 bits per heavy atom. The molecule has 1 atom stereocenters. The zero-order valence-corrected chi connectivity index (χ0v) is 17.2. The Morgan fingerprint density at radius 2 is 1.64 bits per heavy atom. The predicted molar refractivity (Wildman–Crippen MR) is 108 cm³/mol. The van der Waals surface area contributed by atoms with E-state index >= 15 is 0 Å². The van der Waals surface area contributed by atoms with Crippen LogP contribution in [0.4, 0.5) is 0 Å². The Balaban J connectivity index is 1.72. The van der Waals surface area contributed by atoms with Crippen molar-refractivity contribution in [2.75, 3.05) is 33.3 Å². The van der Waals surface area contributed by atoms with Crippen molar-refractivity contribution in [2.45, 2.75) is 24.8 Å². The Bertz CT molecular complexity index is 973. The maximum Gasteiger partial charge on any atom is 0.243 e. The van der Waals surface area contributed by atoms with Crippen LogP contribution >= 0.6 is 0 Å². The molecule has 0 aliphatic carbocycles. The second kappa shape index (κ2) is 8.31. The molecule has 7 heteroatoms. The van der Waals surface area contributed by atoms with Crippen LogP contribution in [0.5, 0.6) is 5.75 Å². The number of piperazine rings is 1. The van der Waals surface area contributed by atoms with Crippen LogP contribution in [0.25, 0.3) is 0 Å². The number of hydrogen-bond acceptors (Lipinski definition) is 5. The third kappa shape index (κ3) is 4.04. The van der Waals surface area contributed by atoms with E-state index in [4.69, 9.17) is 4.74 Å². The van der Waals surface area contributed by atoms with Gasteiger partial charge in [0.15, 0.2) is 0 Å². The molecule has 0 spiro atoms. The third-order valence-corrected chi connectivity index (χ3v) is 7.20. The molecule has 1 saturated heterocycles. The van der Waals surface area contributed by atoms with Crippen molar-refractivity contribution in [3.05, 3.63) is 59.2 Å². The summed E-state index contributed by atoms with van der Waals surface area (Å²) in [4.78, 5) is 2.35. The van der Waals surface area contributed by atoms with Gasteiger partial charge >= 0.3 is 0 Å². The number of benzene rings is 2. The number of methoxy groups -OCH3 is 1. The normalized spacial score (nSPS) is 17.1. The molecule has 1 aliphatic heterocycles. The molecule has 0 bridgehead atoms. The molecule has 1 unspecified atom stereocenters. The van der Waals surface area contributed by atoms with Gasteiger partial charge in [-0.2, -0.15) is 9.57 Å². The highest BCUT2D eigenvalue weighted by atomic mass is 32.2. The third-order valence-electron chi connectivity index (χ3n) is 5.31. The fraction of sp³-hybridized carbons (Fsp3) is 0.381. The minimum atomic E-state index is -3.52. The Labute approximate surface area is 167 Å². The van der Waals surface area contributed by atoms with Crippen molar-refractivity contribution < 1.29 is 13.2 Å². The van der Waals surface area contributed by atoms with E-state index in [1.54, 1.807) is 19.2 Å². The van der Waals surface area contributed by atoms with Crippen molar-refractivity contribution in [1.82, 2.24) is 9.21 Å². The van der Waals surface area contributed by atoms with E-state index in [1.165, 1.54) is 4.31 Å². The first-order valence-electron chi connectivity index (χ1n) is 9.22. The van der Waals surface area contributed by atoms with Gasteiger partial charge < -0.3 is 4.74 Å². The largest absolute Gasteiger partial charge is 0.497 e. The van der Waals surface area contributed by atoms with Gasteiger partial charge in [0.25, 0.3) is 0 Å². The fourth-order valence-electron chi connectivity index (χ4n) is 3.38. The molecule has 28 heavy (non-hydrogen) atoms. The SMILES string of the molecule is COc1ccc(C(C#N)N2CCN(S(=O)(=O)c3ccc(C)c(C)c3)CC2)cc1. The second-order valence-electron chi connectivity index (χ2n) is 6.99. The summed E-state index contributed by atoms with van der Waals surface area (Å²) in [5.74, 6) is 0.741. The number of nitrogens with zero attached hydrogens (tertiary/aromatic N) is 3. The highest BCUT2D eigenvalue weighted by Gasteiger charge is 2.31. The van der Waals surface area contributed by atoms with E-state index in [2.05, 4.69) is 6.07 Å². The van der Waals surface area contributed by atoms with Crippen molar-refractivity contribution in [1.29, 1.82) is 5.26 Å². The smallest absolute Gasteiger partial charge is 0.243 e. The molecule has 148 valence electrons. The number of aryl methyl sites for hydroxylation is 2. The van der Waals surface area contributed by atoms with Crippen molar-refractivity contribution >= 4 is 10.0 Å². The summed E-state index contributed by atoms with van der Waals surface area (Å²) in [5.41, 5.74) is 2.91. The summed E-state index contributed by atoms with van der Waals surface area (Å²) in [6.07, 6.45) is 0. The van der Waals surface area contributed by atoms with Gasteiger partial charge in [0.05, 0.1) is 18.1 Å². The molecule has 1 aliphatic rings. The number of ether oxygens (including phenoxy) is 1. The zero-order chi connectivity index (χ0) is 20.3. The summed E-state index contributed by atoms with van der Waals surface area (Å²) in [5, 5.41) is 9.66. The van der Waals surface area contributed by atoms with Crippen LogP contribution in [0.15, 0.2) is 47.4 Å². The Morgan fingerprint density at radius 3 is 2.18 bits per heavy atom. The average Bonchev–Trinajstić information content (AvgIpc) is 2.71. The van der Waals surface area contributed by atoms with Gasteiger partial charge in [-0.1, -0.05) is 18.2 Å². The van der Waals surface area contributed by atoms with E-state index in [1.807, 2.05) is 49.1 Å². The molecule has 6 nitrogen and oxygen atoms in total. The van der Waals surface area contributed by atoms with Gasteiger partial charge in [0.2, 0.25) is 10.0 Å². The van der Waals surface area contributed by atoms with E-state index in [9.17, 15) is 13.7 Å². The van der Waals surface area contributed by atoms with Crippen molar-refractivity contribution in [3.63, 3.8) is 0 Å². The highest BCUT2D eigenvalue weighted by molar-refractivity contribution is 7.89. The molecule has 1 heterocycles. The molecule has 0 radical (unpaired) electrons. The van der Waals surface area contributed by atoms with Gasteiger partial charge in [0.1, 0.15) is 11.8 Å². The molecule has 0 N–H and O–H groups in total. The lowest BCUT2D eigenvalue weighted by molar-refractivity contribution is 0.162. The molecular weight excluding hydrogens is 374 g/mol. The van der Waals surface area contributed by atoms with Crippen LogP contribution in [-0.4, -0.2) is 50.9 Å². The number of nitriles is 1. The van der Waals surface area contributed by atoms with Crippen LogP contribution in [0.1, 0.15) is 22.7 Å². The average molecular weight is 400 g/mol. The summed E-state index contributed by atoms with van der Waals surface area (Å²) in [6.45, 7) is 5.63. The summed E-state index contributed by atoms with van der Waals surface area (Å²) in [6, 6.07) is 14.6. The van der Waals surface area contributed by atoms with Gasteiger partial charge in [-0.05, 0) is 54.8 Å².